The van der Waals surface area contributed by atoms with E-state index in [1.54, 1.807) is 45.9 Å². The molecule has 1 saturated carbocycles. The van der Waals surface area contributed by atoms with Crippen molar-refractivity contribution in [3.05, 3.63) is 46.8 Å². The molecule has 14 nitrogen and oxygen atoms in total. The first-order chi connectivity index (χ1) is 23.9. The predicted molar refractivity (Wildman–Crippen MR) is 189 cm³/mol. The number of carbonyl (C=O) groups excluding carboxylic acids is 5. The zero-order valence-electron chi connectivity index (χ0n) is 30.5. The van der Waals surface area contributed by atoms with Crippen molar-refractivity contribution in [3.8, 4) is 0 Å². The number of amides is 5. The van der Waals surface area contributed by atoms with Crippen LogP contribution in [0.4, 0.5) is 14.0 Å². The van der Waals surface area contributed by atoms with E-state index in [0.29, 0.717) is 44.3 Å². The van der Waals surface area contributed by atoms with Crippen LogP contribution in [0.25, 0.3) is 0 Å². The van der Waals surface area contributed by atoms with Crippen molar-refractivity contribution in [1.29, 1.82) is 0 Å². The molecule has 1 aliphatic carbocycles. The highest BCUT2D eigenvalue weighted by Gasteiger charge is 2.37. The Morgan fingerprint density at radius 1 is 1.08 bits per heavy atom. The maximum atomic E-state index is 13.1. The summed E-state index contributed by atoms with van der Waals surface area (Å²) in [7, 11) is -1.43. The van der Waals surface area contributed by atoms with E-state index in [2.05, 4.69) is 15.4 Å². The number of nitrogens with zero attached hydrogens (tertiary/aromatic N) is 2. The summed E-state index contributed by atoms with van der Waals surface area (Å²) < 4.78 is 32.6. The Labute approximate surface area is 301 Å². The van der Waals surface area contributed by atoms with Crippen molar-refractivity contribution in [2.45, 2.75) is 123 Å². The Balaban J connectivity index is 0.000000348. The molecule has 0 aromatic heterocycles. The molecule has 3 unspecified atom stereocenters. The third-order valence-electron chi connectivity index (χ3n) is 7.72. The minimum absolute atomic E-state index is 0.00239. The number of allylic oxidation sites excluding steroid dienone is 2. The van der Waals surface area contributed by atoms with Gasteiger partial charge in [-0.05, 0) is 84.4 Å². The molecule has 5 amide bonds. The molecule has 51 heavy (non-hydrogen) atoms. The van der Waals surface area contributed by atoms with Crippen molar-refractivity contribution >= 4 is 46.7 Å². The van der Waals surface area contributed by atoms with Gasteiger partial charge < -0.3 is 25.4 Å². The first-order valence-electron chi connectivity index (χ1n) is 17.1. The van der Waals surface area contributed by atoms with E-state index >= 15 is 0 Å². The first-order valence-corrected chi connectivity index (χ1v) is 18.3. The Hall–Kier alpha value is -4.34. The molecule has 284 valence electrons. The second-order valence-corrected chi connectivity index (χ2v) is 15.1. The zero-order valence-corrected chi connectivity index (χ0v) is 31.3. The molecule has 3 atom stereocenters. The summed E-state index contributed by atoms with van der Waals surface area (Å²) in [6, 6.07) is 3.16. The van der Waals surface area contributed by atoms with Gasteiger partial charge in [-0.2, -0.15) is 0 Å². The summed E-state index contributed by atoms with van der Waals surface area (Å²) in [6.07, 6.45) is 3.67. The molecule has 0 radical (unpaired) electrons. The maximum Gasteiger partial charge on any atom is 0.408 e. The third kappa shape index (κ3) is 14.8. The SMILES string of the molecule is CCC(=O)C=C(C)C.CCC(NC(=O)C1CCCN1C(=O)CNC(=O)OC(C)(C)C)C(=O)NS(=O)C1CC1.O=C(O)N1Cc2cccc(F)c2C1. The fourth-order valence-corrected chi connectivity index (χ4v) is 6.07. The molecule has 0 bridgehead atoms. The predicted octanol–water partition coefficient (Wildman–Crippen LogP) is 4.09. The van der Waals surface area contributed by atoms with E-state index in [0.717, 1.165) is 24.0 Å². The largest absolute Gasteiger partial charge is 0.465 e. The van der Waals surface area contributed by atoms with Gasteiger partial charge in [-0.15, -0.1) is 0 Å². The monoisotopic (exact) mass is 737 g/mol. The van der Waals surface area contributed by atoms with Gasteiger partial charge in [-0.3, -0.25) is 28.8 Å². The number of halogens is 1. The number of ether oxygens (including phenoxy) is 1. The lowest BCUT2D eigenvalue weighted by Crippen LogP contribution is -2.54. The number of ketones is 1. The highest BCUT2D eigenvalue weighted by Crippen LogP contribution is 2.25. The van der Waals surface area contributed by atoms with Crippen molar-refractivity contribution in [3.63, 3.8) is 0 Å². The van der Waals surface area contributed by atoms with E-state index in [9.17, 15) is 37.4 Å². The highest BCUT2D eigenvalue weighted by molar-refractivity contribution is 7.84. The van der Waals surface area contributed by atoms with E-state index in [1.807, 2.05) is 20.8 Å². The quantitative estimate of drug-likeness (QED) is 0.256. The van der Waals surface area contributed by atoms with Gasteiger partial charge in [0.1, 0.15) is 41.0 Å². The fraction of sp³-hybridized carbons (Fsp3) is 0.600. The van der Waals surface area contributed by atoms with Gasteiger partial charge in [0.15, 0.2) is 5.78 Å². The molecule has 3 aliphatic rings. The van der Waals surface area contributed by atoms with Crippen molar-refractivity contribution in [2.75, 3.05) is 13.1 Å². The van der Waals surface area contributed by atoms with Crippen LogP contribution >= 0.6 is 0 Å². The second-order valence-electron chi connectivity index (χ2n) is 13.6. The molecular weight excluding hydrogens is 685 g/mol. The van der Waals surface area contributed by atoms with Crippen LogP contribution in [0.15, 0.2) is 29.8 Å². The number of hydrogen-bond donors (Lipinski definition) is 4. The average Bonchev–Trinajstić information content (AvgIpc) is 3.60. The molecule has 2 fully saturated rings. The van der Waals surface area contributed by atoms with Crippen LogP contribution in [0.3, 0.4) is 0 Å². The smallest absolute Gasteiger partial charge is 0.408 e. The minimum Gasteiger partial charge on any atom is -0.465 e. The van der Waals surface area contributed by atoms with E-state index in [-0.39, 0.29) is 29.9 Å². The van der Waals surface area contributed by atoms with Crippen molar-refractivity contribution in [1.82, 2.24) is 25.2 Å². The summed E-state index contributed by atoms with van der Waals surface area (Å²) >= 11 is 0. The lowest BCUT2D eigenvalue weighted by atomic mass is 10.1. The molecule has 2 aliphatic heterocycles. The van der Waals surface area contributed by atoms with E-state index in [4.69, 9.17) is 9.84 Å². The fourth-order valence-electron chi connectivity index (χ4n) is 5.00. The van der Waals surface area contributed by atoms with Gasteiger partial charge in [-0.1, -0.05) is 31.6 Å². The van der Waals surface area contributed by atoms with Gasteiger partial charge in [-0.25, -0.2) is 18.2 Å². The van der Waals surface area contributed by atoms with Crippen LogP contribution < -0.4 is 15.4 Å². The minimum atomic E-state index is -1.43. The number of carboxylic acid groups (broad SMARTS) is 1. The Morgan fingerprint density at radius 3 is 2.25 bits per heavy atom. The molecular formula is C35H52FN5O9S. The van der Waals surface area contributed by atoms with Crippen LogP contribution in [-0.4, -0.2) is 90.8 Å². The number of fused-ring (bicyclic) bond motifs is 1. The molecule has 1 aromatic carbocycles. The second kappa shape index (κ2) is 19.9. The average molecular weight is 738 g/mol. The summed E-state index contributed by atoms with van der Waals surface area (Å²) in [6.45, 7) is 13.2. The van der Waals surface area contributed by atoms with Gasteiger partial charge >= 0.3 is 12.2 Å². The molecule has 16 heteroatoms. The van der Waals surface area contributed by atoms with Crippen LogP contribution in [0.5, 0.6) is 0 Å². The third-order valence-corrected chi connectivity index (χ3v) is 9.20. The van der Waals surface area contributed by atoms with Crippen molar-refractivity contribution in [2.24, 2.45) is 0 Å². The summed E-state index contributed by atoms with van der Waals surface area (Å²) in [5.41, 5.74) is 1.67. The molecule has 1 aromatic rings. The van der Waals surface area contributed by atoms with Gasteiger partial charge in [0.05, 0.1) is 11.8 Å². The normalized spacial score (nSPS) is 17.2. The van der Waals surface area contributed by atoms with Gasteiger partial charge in [0.25, 0.3) is 5.91 Å². The summed E-state index contributed by atoms with van der Waals surface area (Å²) in [5.74, 6) is -1.42. The van der Waals surface area contributed by atoms with Gasteiger partial charge in [0.2, 0.25) is 11.8 Å². The molecule has 4 N–H and O–H groups in total. The van der Waals surface area contributed by atoms with Crippen LogP contribution in [0.2, 0.25) is 0 Å². The van der Waals surface area contributed by atoms with Crippen LogP contribution in [0, 0.1) is 5.82 Å². The maximum absolute atomic E-state index is 13.1. The zero-order chi connectivity index (χ0) is 38.5. The van der Waals surface area contributed by atoms with Crippen molar-refractivity contribution < 1.29 is 47.2 Å². The van der Waals surface area contributed by atoms with Crippen LogP contribution in [0.1, 0.15) is 98.1 Å². The molecule has 2 heterocycles. The summed E-state index contributed by atoms with van der Waals surface area (Å²) in [5, 5.41) is 13.7. The van der Waals surface area contributed by atoms with E-state index in [1.165, 1.54) is 15.9 Å². The number of hydrogen-bond acceptors (Lipinski definition) is 8. The Kier molecular flexibility index (Phi) is 16.7. The Morgan fingerprint density at radius 2 is 1.75 bits per heavy atom. The number of likely N-dealkylation sites (tertiary alicyclic amines) is 1. The Bertz CT molecular complexity index is 1490. The molecule has 4 rings (SSSR count). The number of nitrogens with one attached hydrogen (secondary N) is 3. The lowest BCUT2D eigenvalue weighted by Gasteiger charge is -2.26. The molecule has 0 spiro atoms. The van der Waals surface area contributed by atoms with Crippen LogP contribution in [-0.2, 0) is 48.0 Å². The number of carbonyl (C=O) groups is 6. The number of benzene rings is 1. The standard InChI is InChI=1S/C19H32N4O6S.C9H8FNO2.C7H12O/c1-5-13(16(25)22-30(28)12-8-9-12)21-17(26)14-7-6-10-23(14)15(24)11-20-18(27)29-19(2,3)4;10-8-3-1-2-6-4-11(9(12)13)5-7(6)8;1-4-7(8)5-6(2)3/h12-14H,5-11H2,1-4H3,(H,20,27)(H,21,26)(H,22,25);1-3H,4-5H2,(H,12,13);5H,4H2,1-3H3. The summed E-state index contributed by atoms with van der Waals surface area (Å²) in [4.78, 5) is 73.0. The first kappa shape index (κ1) is 42.8. The molecule has 1 saturated heterocycles. The number of alkyl carbamates (subject to hydrolysis) is 1. The number of rotatable bonds is 10. The highest BCUT2D eigenvalue weighted by atomic mass is 32.2. The van der Waals surface area contributed by atoms with Gasteiger partial charge in [0, 0.05) is 25.1 Å². The van der Waals surface area contributed by atoms with E-state index < -0.39 is 58.6 Å². The topological polar surface area (TPSA) is 192 Å². The lowest BCUT2D eigenvalue weighted by molar-refractivity contribution is -0.138.